The molecule has 0 aliphatic carbocycles. The molecular formula is C30H26N8O2. The topological polar surface area (TPSA) is 113 Å². The molecular weight excluding hydrogens is 504 g/mol. The predicted molar refractivity (Wildman–Crippen MR) is 150 cm³/mol. The van der Waals surface area contributed by atoms with Crippen LogP contribution in [0.5, 0.6) is 5.88 Å². The van der Waals surface area contributed by atoms with Crippen molar-refractivity contribution in [3.63, 3.8) is 0 Å². The molecule has 10 heteroatoms. The van der Waals surface area contributed by atoms with E-state index in [1.165, 1.54) is 0 Å². The number of rotatable bonds is 5. The minimum absolute atomic E-state index is 0.0412. The second kappa shape index (κ2) is 10.5. The fraction of sp³-hybridized carbons (Fsp3) is 0.200. The Morgan fingerprint density at radius 2 is 1.77 bits per heavy atom. The van der Waals surface area contributed by atoms with Crippen molar-refractivity contribution >= 4 is 17.2 Å². The first-order valence-electron chi connectivity index (χ1n) is 12.9. The zero-order chi connectivity index (χ0) is 27.6. The van der Waals surface area contributed by atoms with Crippen molar-refractivity contribution in [1.82, 2.24) is 29.5 Å². The second-order valence-electron chi connectivity index (χ2n) is 9.57. The Bertz CT molecular complexity index is 1730. The number of aryl methyl sites for hydroxylation is 1. The highest BCUT2D eigenvalue weighted by molar-refractivity contribution is 5.94. The molecule has 0 unspecified atom stereocenters. The molecule has 0 N–H and O–H groups in total. The molecule has 5 aromatic heterocycles. The SMILES string of the molecule is COc1ccc(C(=O)N2CCN(c3ccc(-c4cc(-c5ccnc(C)c5)cn5ncc(C#N)c45)cn3)CC2)cn1. The average molecular weight is 531 g/mol. The zero-order valence-electron chi connectivity index (χ0n) is 22.2. The predicted octanol–water partition coefficient (Wildman–Crippen LogP) is 4.00. The molecule has 1 saturated heterocycles. The fourth-order valence-electron chi connectivity index (χ4n) is 4.99. The van der Waals surface area contributed by atoms with Crippen molar-refractivity contribution in [1.29, 1.82) is 5.26 Å². The number of ether oxygens (including phenoxy) is 1. The maximum atomic E-state index is 12.9. The molecule has 10 nitrogen and oxygen atoms in total. The van der Waals surface area contributed by atoms with E-state index in [0.717, 1.165) is 39.3 Å². The molecule has 5 aromatic rings. The van der Waals surface area contributed by atoms with Gasteiger partial charge in [0.2, 0.25) is 5.88 Å². The highest BCUT2D eigenvalue weighted by Gasteiger charge is 2.23. The summed E-state index contributed by atoms with van der Waals surface area (Å²) in [7, 11) is 1.55. The summed E-state index contributed by atoms with van der Waals surface area (Å²) in [5, 5.41) is 14.2. The van der Waals surface area contributed by atoms with E-state index < -0.39 is 0 Å². The van der Waals surface area contributed by atoms with Crippen LogP contribution in [0.15, 0.2) is 73.4 Å². The zero-order valence-corrected chi connectivity index (χ0v) is 22.2. The van der Waals surface area contributed by atoms with Gasteiger partial charge in [0, 0.05) is 79.4 Å². The van der Waals surface area contributed by atoms with Crippen molar-refractivity contribution in [3.8, 4) is 34.2 Å². The molecule has 0 aromatic carbocycles. The number of amides is 1. The molecule has 6 heterocycles. The number of aromatic nitrogens is 5. The van der Waals surface area contributed by atoms with Gasteiger partial charge in [-0.1, -0.05) is 0 Å². The highest BCUT2D eigenvalue weighted by atomic mass is 16.5. The molecule has 1 fully saturated rings. The minimum Gasteiger partial charge on any atom is -0.481 e. The van der Waals surface area contributed by atoms with Gasteiger partial charge in [0.15, 0.2) is 0 Å². The van der Waals surface area contributed by atoms with Crippen LogP contribution in [0, 0.1) is 18.3 Å². The van der Waals surface area contributed by atoms with E-state index >= 15 is 0 Å². The molecule has 40 heavy (non-hydrogen) atoms. The second-order valence-corrected chi connectivity index (χ2v) is 9.57. The normalized spacial score (nSPS) is 13.3. The van der Waals surface area contributed by atoms with Crippen LogP contribution >= 0.6 is 0 Å². The van der Waals surface area contributed by atoms with Gasteiger partial charge in [0.1, 0.15) is 11.9 Å². The summed E-state index contributed by atoms with van der Waals surface area (Å²) in [6.45, 7) is 4.47. The number of methoxy groups -OCH3 is 1. The lowest BCUT2D eigenvalue weighted by Gasteiger charge is -2.35. The van der Waals surface area contributed by atoms with E-state index in [2.05, 4.69) is 32.1 Å². The molecule has 1 amide bonds. The van der Waals surface area contributed by atoms with Gasteiger partial charge in [0.05, 0.1) is 30.0 Å². The van der Waals surface area contributed by atoms with Crippen molar-refractivity contribution in [2.75, 3.05) is 38.2 Å². The van der Waals surface area contributed by atoms with Crippen LogP contribution in [-0.4, -0.2) is 68.7 Å². The summed E-state index contributed by atoms with van der Waals surface area (Å²) in [5.74, 6) is 1.28. The van der Waals surface area contributed by atoms with Gasteiger partial charge in [-0.15, -0.1) is 0 Å². The minimum atomic E-state index is -0.0412. The van der Waals surface area contributed by atoms with E-state index in [1.54, 1.807) is 42.3 Å². The van der Waals surface area contributed by atoms with Gasteiger partial charge < -0.3 is 14.5 Å². The van der Waals surface area contributed by atoms with Crippen molar-refractivity contribution in [2.45, 2.75) is 6.92 Å². The third-order valence-electron chi connectivity index (χ3n) is 7.10. The molecule has 0 bridgehead atoms. The first-order chi connectivity index (χ1) is 19.5. The number of fused-ring (bicyclic) bond motifs is 1. The number of pyridine rings is 4. The lowest BCUT2D eigenvalue weighted by Crippen LogP contribution is -2.49. The Labute approximate surface area is 231 Å². The summed E-state index contributed by atoms with van der Waals surface area (Å²) in [5.41, 5.74) is 6.47. The van der Waals surface area contributed by atoms with Crippen LogP contribution in [0.1, 0.15) is 21.6 Å². The average Bonchev–Trinajstić information content (AvgIpc) is 3.44. The third-order valence-corrected chi connectivity index (χ3v) is 7.10. The summed E-state index contributed by atoms with van der Waals surface area (Å²) in [4.78, 5) is 30.1. The standard InChI is InChI=1S/C30H26N8O2/c1-20-13-21(7-8-32-20)24-14-26(29-25(15-31)18-35-38(29)19-24)22-3-5-27(33-16-22)36-9-11-37(12-10-36)30(39)23-4-6-28(40-2)34-17-23/h3-8,13-14,16-19H,9-12H2,1-2H3. The summed E-state index contributed by atoms with van der Waals surface area (Å²) in [6.07, 6.45) is 8.69. The molecule has 0 saturated carbocycles. The number of nitriles is 1. The van der Waals surface area contributed by atoms with Gasteiger partial charge in [-0.05, 0) is 48.9 Å². The van der Waals surface area contributed by atoms with E-state index in [0.29, 0.717) is 43.2 Å². The Morgan fingerprint density at radius 3 is 2.45 bits per heavy atom. The Kier molecular flexibility index (Phi) is 6.54. The summed E-state index contributed by atoms with van der Waals surface area (Å²) >= 11 is 0. The molecule has 6 rings (SSSR count). The number of nitrogens with zero attached hydrogens (tertiary/aromatic N) is 8. The maximum Gasteiger partial charge on any atom is 0.255 e. The van der Waals surface area contributed by atoms with Gasteiger partial charge in [-0.3, -0.25) is 9.78 Å². The van der Waals surface area contributed by atoms with Crippen LogP contribution in [0.2, 0.25) is 0 Å². The molecule has 1 aliphatic heterocycles. The number of anilines is 1. The molecule has 198 valence electrons. The van der Waals surface area contributed by atoms with E-state index in [1.807, 2.05) is 48.5 Å². The van der Waals surface area contributed by atoms with Crippen LogP contribution in [0.4, 0.5) is 5.82 Å². The fourth-order valence-corrected chi connectivity index (χ4v) is 4.99. The molecule has 1 aliphatic rings. The monoisotopic (exact) mass is 530 g/mol. The third kappa shape index (κ3) is 4.69. The molecule has 0 atom stereocenters. The Balaban J connectivity index is 1.23. The van der Waals surface area contributed by atoms with E-state index in [-0.39, 0.29) is 5.91 Å². The lowest BCUT2D eigenvalue weighted by atomic mass is 10.00. The molecule has 0 spiro atoms. The molecule has 0 radical (unpaired) electrons. The first-order valence-corrected chi connectivity index (χ1v) is 12.9. The number of carbonyl (C=O) groups is 1. The van der Waals surface area contributed by atoms with Crippen molar-refractivity contribution < 1.29 is 9.53 Å². The van der Waals surface area contributed by atoms with Gasteiger partial charge in [0.25, 0.3) is 5.91 Å². The number of hydrogen-bond acceptors (Lipinski definition) is 8. The van der Waals surface area contributed by atoms with E-state index in [4.69, 9.17) is 9.72 Å². The highest BCUT2D eigenvalue weighted by Crippen LogP contribution is 2.32. The quantitative estimate of drug-likeness (QED) is 0.335. The summed E-state index contributed by atoms with van der Waals surface area (Å²) in [6, 6.07) is 15.8. The smallest absolute Gasteiger partial charge is 0.255 e. The van der Waals surface area contributed by atoms with Gasteiger partial charge >= 0.3 is 0 Å². The first kappa shape index (κ1) is 25.0. The van der Waals surface area contributed by atoms with Gasteiger partial charge in [-0.2, -0.15) is 10.4 Å². The van der Waals surface area contributed by atoms with Crippen LogP contribution in [-0.2, 0) is 0 Å². The lowest BCUT2D eigenvalue weighted by molar-refractivity contribution is 0.0746. The maximum absolute atomic E-state index is 12.9. The number of piperazine rings is 1. The summed E-state index contributed by atoms with van der Waals surface area (Å²) < 4.78 is 6.83. The van der Waals surface area contributed by atoms with Crippen molar-refractivity contribution in [2.24, 2.45) is 0 Å². The van der Waals surface area contributed by atoms with Crippen molar-refractivity contribution in [3.05, 3.63) is 90.3 Å². The number of carbonyl (C=O) groups excluding carboxylic acids is 1. The van der Waals surface area contributed by atoms with Crippen LogP contribution in [0.3, 0.4) is 0 Å². The Morgan fingerprint density at radius 1 is 0.925 bits per heavy atom. The number of hydrogen-bond donors (Lipinski definition) is 0. The van der Waals surface area contributed by atoms with Crippen LogP contribution in [0.25, 0.3) is 27.8 Å². The van der Waals surface area contributed by atoms with Gasteiger partial charge in [-0.25, -0.2) is 14.5 Å². The largest absolute Gasteiger partial charge is 0.481 e. The Hall–Kier alpha value is -5.30. The van der Waals surface area contributed by atoms with Crippen LogP contribution < -0.4 is 9.64 Å². The van der Waals surface area contributed by atoms with E-state index in [9.17, 15) is 10.1 Å².